The summed E-state index contributed by atoms with van der Waals surface area (Å²) < 4.78 is 5.13. The van der Waals surface area contributed by atoms with E-state index in [1.54, 1.807) is 12.0 Å². The molecule has 1 aliphatic heterocycles. The van der Waals surface area contributed by atoms with E-state index in [9.17, 15) is 0 Å². The predicted molar refractivity (Wildman–Crippen MR) is 52.9 cm³/mol. The van der Waals surface area contributed by atoms with Crippen molar-refractivity contribution in [2.24, 2.45) is 0 Å². The van der Waals surface area contributed by atoms with Crippen molar-refractivity contribution in [2.45, 2.75) is 31.8 Å². The second-order valence-corrected chi connectivity index (χ2v) is 4.42. The van der Waals surface area contributed by atoms with Gasteiger partial charge in [-0.2, -0.15) is 0 Å². The van der Waals surface area contributed by atoms with Crippen molar-refractivity contribution < 1.29 is 15.0 Å². The van der Waals surface area contributed by atoms with Crippen LogP contribution in [-0.2, 0) is 4.74 Å². The molecule has 0 aromatic heterocycles. The molecule has 1 aliphatic rings. The molecule has 1 heterocycles. The number of hydrogen-bond donors (Lipinski definition) is 2. The van der Waals surface area contributed by atoms with Gasteiger partial charge in [0.15, 0.2) is 0 Å². The molecule has 3 nitrogen and oxygen atoms in total. The average Bonchev–Trinajstić information content (AvgIpc) is 2.09. The van der Waals surface area contributed by atoms with Crippen molar-refractivity contribution >= 4 is 0 Å². The van der Waals surface area contributed by atoms with Crippen molar-refractivity contribution in [1.82, 2.24) is 0 Å². The number of quaternary nitrogens is 2. The molecule has 0 amide bonds. The molecule has 0 saturated carbocycles. The number of nitrogens with two attached hydrogens (primary N) is 1. The van der Waals surface area contributed by atoms with Gasteiger partial charge in [0, 0.05) is 20.0 Å². The van der Waals surface area contributed by atoms with Gasteiger partial charge in [-0.15, -0.1) is 0 Å². The first-order valence-corrected chi connectivity index (χ1v) is 5.37. The molecule has 0 spiro atoms. The van der Waals surface area contributed by atoms with Gasteiger partial charge in [0.25, 0.3) is 0 Å². The largest absolute Gasteiger partial charge is 0.379 e. The van der Waals surface area contributed by atoms with Crippen LogP contribution in [0.15, 0.2) is 0 Å². The van der Waals surface area contributed by atoms with Gasteiger partial charge in [-0.05, 0) is 6.92 Å². The first-order chi connectivity index (χ1) is 6.22. The molecule has 78 valence electrons. The molecule has 0 aromatic carbocycles. The highest BCUT2D eigenvalue weighted by molar-refractivity contribution is 4.58. The van der Waals surface area contributed by atoms with Gasteiger partial charge in [-0.1, -0.05) is 0 Å². The standard InChI is InChI=1S/C10H22N2O/c1-9(8-13-3)11-10-4-6-12(2)7-5-10/h9-11H,4-8H2,1-3H3/p+2/t9-/m1/s1. The van der Waals surface area contributed by atoms with E-state index >= 15 is 0 Å². The van der Waals surface area contributed by atoms with Gasteiger partial charge in [0.05, 0.1) is 32.8 Å². The van der Waals surface area contributed by atoms with Crippen molar-refractivity contribution in [3.05, 3.63) is 0 Å². The smallest absolute Gasteiger partial charge is 0.107 e. The Bertz CT molecular complexity index is 133. The lowest BCUT2D eigenvalue weighted by atomic mass is 10.0. The fourth-order valence-corrected chi connectivity index (χ4v) is 2.11. The van der Waals surface area contributed by atoms with Gasteiger partial charge < -0.3 is 15.0 Å². The Kier molecular flexibility index (Phi) is 4.70. The van der Waals surface area contributed by atoms with Crippen LogP contribution in [0.3, 0.4) is 0 Å². The molecule has 1 fully saturated rings. The van der Waals surface area contributed by atoms with E-state index in [-0.39, 0.29) is 0 Å². The minimum absolute atomic E-state index is 0.619. The van der Waals surface area contributed by atoms with Gasteiger partial charge >= 0.3 is 0 Å². The summed E-state index contributed by atoms with van der Waals surface area (Å²) in [7, 11) is 4.07. The SMILES string of the molecule is COC[C@@H](C)[NH2+]C1CC[NH+](C)CC1. The van der Waals surface area contributed by atoms with E-state index in [4.69, 9.17) is 4.74 Å². The van der Waals surface area contributed by atoms with Crippen LogP contribution in [0.2, 0.25) is 0 Å². The summed E-state index contributed by atoms with van der Waals surface area (Å²) in [5.41, 5.74) is 0. The topological polar surface area (TPSA) is 30.3 Å². The second-order valence-electron chi connectivity index (χ2n) is 4.42. The summed E-state index contributed by atoms with van der Waals surface area (Å²) in [6.07, 6.45) is 2.72. The van der Waals surface area contributed by atoms with Crippen molar-refractivity contribution in [3.63, 3.8) is 0 Å². The lowest BCUT2D eigenvalue weighted by Gasteiger charge is -2.26. The number of rotatable bonds is 4. The van der Waals surface area contributed by atoms with E-state index in [1.807, 2.05) is 0 Å². The fourth-order valence-electron chi connectivity index (χ4n) is 2.11. The highest BCUT2D eigenvalue weighted by atomic mass is 16.5. The fraction of sp³-hybridized carbons (Fsp3) is 1.00. The molecule has 3 heteroatoms. The minimum Gasteiger partial charge on any atom is -0.379 e. The Balaban J connectivity index is 2.14. The second kappa shape index (κ2) is 5.58. The van der Waals surface area contributed by atoms with Crippen LogP contribution in [0.4, 0.5) is 0 Å². The van der Waals surface area contributed by atoms with E-state index in [1.165, 1.54) is 25.9 Å². The molecule has 0 aliphatic carbocycles. The summed E-state index contributed by atoms with van der Waals surface area (Å²) in [4.78, 5) is 1.68. The molecule has 0 aromatic rings. The maximum atomic E-state index is 5.13. The maximum absolute atomic E-state index is 5.13. The highest BCUT2D eigenvalue weighted by Crippen LogP contribution is 1.93. The van der Waals surface area contributed by atoms with Crippen LogP contribution in [0.5, 0.6) is 0 Å². The lowest BCUT2D eigenvalue weighted by molar-refractivity contribution is -0.895. The predicted octanol–water partition coefficient (Wildman–Crippen LogP) is -1.74. The molecule has 0 unspecified atom stereocenters. The number of ether oxygens (including phenoxy) is 1. The van der Waals surface area contributed by atoms with Gasteiger partial charge in [0.1, 0.15) is 6.04 Å². The van der Waals surface area contributed by atoms with Crippen LogP contribution in [0, 0.1) is 0 Å². The van der Waals surface area contributed by atoms with Crippen molar-refractivity contribution in [2.75, 3.05) is 33.9 Å². The summed E-state index contributed by atoms with van der Waals surface area (Å²) >= 11 is 0. The number of likely N-dealkylation sites (tertiary alicyclic amines) is 1. The molecule has 1 saturated heterocycles. The Morgan fingerprint density at radius 1 is 1.46 bits per heavy atom. The highest BCUT2D eigenvalue weighted by Gasteiger charge is 2.23. The normalized spacial score (nSPS) is 31.6. The molecule has 1 atom stereocenters. The first kappa shape index (κ1) is 11.0. The zero-order valence-corrected chi connectivity index (χ0v) is 9.18. The van der Waals surface area contributed by atoms with Crippen LogP contribution < -0.4 is 10.2 Å². The van der Waals surface area contributed by atoms with Crippen molar-refractivity contribution in [3.8, 4) is 0 Å². The van der Waals surface area contributed by atoms with Crippen molar-refractivity contribution in [1.29, 1.82) is 0 Å². The summed E-state index contributed by atoms with van der Waals surface area (Å²) in [5.74, 6) is 0. The molecule has 3 N–H and O–H groups in total. The summed E-state index contributed by atoms with van der Waals surface area (Å²) in [6.45, 7) is 5.79. The van der Waals surface area contributed by atoms with Crippen LogP contribution in [0.25, 0.3) is 0 Å². The zero-order chi connectivity index (χ0) is 9.68. The lowest BCUT2D eigenvalue weighted by Crippen LogP contribution is -3.12. The zero-order valence-electron chi connectivity index (χ0n) is 9.18. The van der Waals surface area contributed by atoms with Gasteiger partial charge in [-0.25, -0.2) is 0 Å². The van der Waals surface area contributed by atoms with Gasteiger partial charge in [0.2, 0.25) is 0 Å². The molecule has 1 rings (SSSR count). The number of hydrogen-bond acceptors (Lipinski definition) is 1. The Hall–Kier alpha value is -0.120. The average molecular weight is 188 g/mol. The van der Waals surface area contributed by atoms with E-state index < -0.39 is 0 Å². The third-order valence-corrected chi connectivity index (χ3v) is 2.91. The molecular formula is C10H24N2O+2. The Morgan fingerprint density at radius 3 is 2.62 bits per heavy atom. The summed E-state index contributed by atoms with van der Waals surface area (Å²) in [5, 5.41) is 2.48. The van der Waals surface area contributed by atoms with Gasteiger partial charge in [-0.3, -0.25) is 0 Å². The third kappa shape index (κ3) is 4.07. The molecule has 0 radical (unpaired) electrons. The molecule has 0 bridgehead atoms. The van der Waals surface area contributed by atoms with Crippen LogP contribution >= 0.6 is 0 Å². The number of methoxy groups -OCH3 is 1. The van der Waals surface area contributed by atoms with E-state index in [0.717, 1.165) is 12.6 Å². The quantitative estimate of drug-likeness (QED) is 0.539. The minimum atomic E-state index is 0.619. The maximum Gasteiger partial charge on any atom is 0.107 e. The van der Waals surface area contributed by atoms with Crippen LogP contribution in [-0.4, -0.2) is 45.9 Å². The molecule has 13 heavy (non-hydrogen) atoms. The third-order valence-electron chi connectivity index (χ3n) is 2.91. The summed E-state index contributed by atoms with van der Waals surface area (Å²) in [6, 6.07) is 1.46. The molecular weight excluding hydrogens is 164 g/mol. The van der Waals surface area contributed by atoms with E-state index in [2.05, 4.69) is 19.3 Å². The van der Waals surface area contributed by atoms with Crippen LogP contribution in [0.1, 0.15) is 19.8 Å². The monoisotopic (exact) mass is 188 g/mol. The number of piperidine rings is 1. The van der Waals surface area contributed by atoms with E-state index in [0.29, 0.717) is 6.04 Å². The Labute approximate surface area is 81.4 Å². The Morgan fingerprint density at radius 2 is 2.08 bits per heavy atom. The first-order valence-electron chi connectivity index (χ1n) is 5.37. The number of nitrogens with one attached hydrogen (secondary N) is 1.